The third-order valence-corrected chi connectivity index (χ3v) is 3.95. The lowest BCUT2D eigenvalue weighted by Crippen LogP contribution is -2.42. The number of hydrogen-bond acceptors (Lipinski definition) is 1. The van der Waals surface area contributed by atoms with Crippen molar-refractivity contribution in [2.24, 2.45) is 11.3 Å². The Balaban J connectivity index is 1.91. The molecule has 1 amide bonds. The molecule has 14 heavy (non-hydrogen) atoms. The summed E-state index contributed by atoms with van der Waals surface area (Å²) in [4.78, 5) is 13.3. The highest BCUT2D eigenvalue weighted by Crippen LogP contribution is 2.51. The van der Waals surface area contributed by atoms with Gasteiger partial charge in [0.25, 0.3) is 0 Å². The van der Waals surface area contributed by atoms with E-state index in [2.05, 4.69) is 13.5 Å². The van der Waals surface area contributed by atoms with E-state index in [-0.39, 0.29) is 5.91 Å². The Morgan fingerprint density at radius 3 is 2.43 bits per heavy atom. The van der Waals surface area contributed by atoms with Gasteiger partial charge in [-0.2, -0.15) is 0 Å². The van der Waals surface area contributed by atoms with E-state index < -0.39 is 0 Å². The molecule has 0 radical (unpaired) electrons. The van der Waals surface area contributed by atoms with Gasteiger partial charge in [0.1, 0.15) is 0 Å². The van der Waals surface area contributed by atoms with Crippen molar-refractivity contribution < 1.29 is 4.79 Å². The average Bonchev–Trinajstić information content (AvgIpc) is 3.01. The van der Waals surface area contributed by atoms with Crippen molar-refractivity contribution in [1.29, 1.82) is 0 Å². The zero-order valence-electron chi connectivity index (χ0n) is 8.96. The second kappa shape index (κ2) is 3.41. The summed E-state index contributed by atoms with van der Waals surface area (Å²) in [6.45, 7) is 7.77. The van der Waals surface area contributed by atoms with Gasteiger partial charge in [-0.3, -0.25) is 4.79 Å². The topological polar surface area (TPSA) is 20.3 Å². The van der Waals surface area contributed by atoms with E-state index in [9.17, 15) is 4.79 Å². The number of piperidine rings is 1. The molecule has 1 saturated heterocycles. The number of nitrogens with zero attached hydrogens (tertiary/aromatic N) is 1. The predicted octanol–water partition coefficient (Wildman–Crippen LogP) is 2.21. The fourth-order valence-electron chi connectivity index (χ4n) is 2.56. The molecule has 1 aliphatic heterocycles. The molecule has 2 nitrogen and oxygen atoms in total. The van der Waals surface area contributed by atoms with Crippen LogP contribution in [-0.2, 0) is 4.79 Å². The van der Waals surface area contributed by atoms with Crippen LogP contribution < -0.4 is 0 Å². The molecule has 2 aliphatic rings. The van der Waals surface area contributed by atoms with Gasteiger partial charge in [0.05, 0.1) is 0 Å². The lowest BCUT2D eigenvalue weighted by molar-refractivity contribution is -0.128. The number of rotatable bonds is 2. The molecule has 0 aromatic rings. The SMILES string of the molecule is C=CC(=O)N1CCC(C)(C2CC2)CC1. The summed E-state index contributed by atoms with van der Waals surface area (Å²) in [5, 5.41) is 0. The molecule has 2 rings (SSSR count). The molecule has 78 valence electrons. The normalized spacial score (nSPS) is 25.9. The highest BCUT2D eigenvalue weighted by atomic mass is 16.2. The summed E-state index contributed by atoms with van der Waals surface area (Å²) >= 11 is 0. The molecule has 2 fully saturated rings. The van der Waals surface area contributed by atoms with E-state index >= 15 is 0 Å². The summed E-state index contributed by atoms with van der Waals surface area (Å²) in [6.07, 6.45) is 6.60. The zero-order valence-corrected chi connectivity index (χ0v) is 8.96. The van der Waals surface area contributed by atoms with Gasteiger partial charge in [0.15, 0.2) is 0 Å². The first-order valence-corrected chi connectivity index (χ1v) is 5.57. The van der Waals surface area contributed by atoms with Gasteiger partial charge >= 0.3 is 0 Å². The van der Waals surface area contributed by atoms with E-state index in [1.165, 1.54) is 31.8 Å². The largest absolute Gasteiger partial charge is 0.339 e. The van der Waals surface area contributed by atoms with Crippen LogP contribution in [0, 0.1) is 11.3 Å². The van der Waals surface area contributed by atoms with Crippen LogP contribution in [-0.4, -0.2) is 23.9 Å². The van der Waals surface area contributed by atoms with E-state index in [1.54, 1.807) is 0 Å². The minimum absolute atomic E-state index is 0.0999. The molecule has 1 aliphatic carbocycles. The van der Waals surface area contributed by atoms with E-state index in [4.69, 9.17) is 0 Å². The van der Waals surface area contributed by atoms with Crippen LogP contribution >= 0.6 is 0 Å². The molecule has 2 heteroatoms. The van der Waals surface area contributed by atoms with Gasteiger partial charge in [0.2, 0.25) is 5.91 Å². The minimum Gasteiger partial charge on any atom is -0.339 e. The molecule has 0 bridgehead atoms. The van der Waals surface area contributed by atoms with Gasteiger partial charge in [-0.05, 0) is 43.1 Å². The first kappa shape index (κ1) is 9.75. The summed E-state index contributed by atoms with van der Waals surface area (Å²) in [5.74, 6) is 1.05. The van der Waals surface area contributed by atoms with Crippen LogP contribution in [0.4, 0.5) is 0 Å². The van der Waals surface area contributed by atoms with Crippen molar-refractivity contribution in [3.63, 3.8) is 0 Å². The summed E-state index contributed by atoms with van der Waals surface area (Å²) < 4.78 is 0. The van der Waals surface area contributed by atoms with Crippen LogP contribution in [0.1, 0.15) is 32.6 Å². The van der Waals surface area contributed by atoms with Gasteiger partial charge in [-0.1, -0.05) is 13.5 Å². The fraction of sp³-hybridized carbons (Fsp3) is 0.750. The van der Waals surface area contributed by atoms with Crippen LogP contribution in [0.25, 0.3) is 0 Å². The Labute approximate surface area is 86.0 Å². The summed E-state index contributed by atoms with van der Waals surface area (Å²) in [7, 11) is 0. The lowest BCUT2D eigenvalue weighted by Gasteiger charge is -2.39. The molecule has 0 atom stereocenters. The average molecular weight is 193 g/mol. The van der Waals surface area contributed by atoms with E-state index in [0.717, 1.165) is 19.0 Å². The number of amides is 1. The molecule has 0 aromatic heterocycles. The Morgan fingerprint density at radius 1 is 1.43 bits per heavy atom. The smallest absolute Gasteiger partial charge is 0.245 e. The van der Waals surface area contributed by atoms with Gasteiger partial charge < -0.3 is 4.90 Å². The van der Waals surface area contributed by atoms with Gasteiger partial charge in [-0.25, -0.2) is 0 Å². The van der Waals surface area contributed by atoms with Gasteiger partial charge in [-0.15, -0.1) is 0 Å². The Morgan fingerprint density at radius 2 is 2.00 bits per heavy atom. The number of carbonyl (C=O) groups excluding carboxylic acids is 1. The van der Waals surface area contributed by atoms with Crippen LogP contribution in [0.5, 0.6) is 0 Å². The Hall–Kier alpha value is -0.790. The van der Waals surface area contributed by atoms with Crippen molar-refractivity contribution in [1.82, 2.24) is 4.90 Å². The molecule has 0 aromatic carbocycles. The fourth-order valence-corrected chi connectivity index (χ4v) is 2.56. The number of likely N-dealkylation sites (tertiary alicyclic amines) is 1. The maximum atomic E-state index is 11.4. The molecular formula is C12H19NO. The third kappa shape index (κ3) is 1.70. The van der Waals surface area contributed by atoms with Crippen LogP contribution in [0.2, 0.25) is 0 Å². The van der Waals surface area contributed by atoms with E-state index in [0.29, 0.717) is 5.41 Å². The number of hydrogen-bond donors (Lipinski definition) is 0. The van der Waals surface area contributed by atoms with Crippen LogP contribution in [0.15, 0.2) is 12.7 Å². The van der Waals surface area contributed by atoms with Crippen molar-refractivity contribution in [3.05, 3.63) is 12.7 Å². The maximum absolute atomic E-state index is 11.4. The molecule has 1 heterocycles. The second-order valence-corrected chi connectivity index (χ2v) is 4.96. The van der Waals surface area contributed by atoms with Crippen LogP contribution in [0.3, 0.4) is 0 Å². The third-order valence-electron chi connectivity index (χ3n) is 3.95. The monoisotopic (exact) mass is 193 g/mol. The summed E-state index contributed by atoms with van der Waals surface area (Å²) in [5.41, 5.74) is 0.526. The molecule has 0 unspecified atom stereocenters. The van der Waals surface area contributed by atoms with Crippen molar-refractivity contribution in [3.8, 4) is 0 Å². The first-order valence-electron chi connectivity index (χ1n) is 5.57. The first-order chi connectivity index (χ1) is 6.65. The zero-order chi connectivity index (χ0) is 10.2. The lowest BCUT2D eigenvalue weighted by atomic mass is 9.76. The van der Waals surface area contributed by atoms with Crippen molar-refractivity contribution >= 4 is 5.91 Å². The van der Waals surface area contributed by atoms with E-state index in [1.807, 2.05) is 4.90 Å². The second-order valence-electron chi connectivity index (χ2n) is 4.96. The molecule has 0 N–H and O–H groups in total. The predicted molar refractivity (Wildman–Crippen MR) is 56.8 cm³/mol. The minimum atomic E-state index is 0.0999. The van der Waals surface area contributed by atoms with Crippen molar-refractivity contribution in [2.45, 2.75) is 32.6 Å². The van der Waals surface area contributed by atoms with Gasteiger partial charge in [0, 0.05) is 13.1 Å². The Bertz CT molecular complexity index is 247. The highest BCUT2D eigenvalue weighted by Gasteiger charge is 2.43. The molecule has 1 saturated carbocycles. The quantitative estimate of drug-likeness (QED) is 0.616. The molecule has 0 spiro atoms. The Kier molecular flexibility index (Phi) is 2.38. The van der Waals surface area contributed by atoms with Crippen molar-refractivity contribution in [2.75, 3.05) is 13.1 Å². The number of carbonyl (C=O) groups is 1. The highest BCUT2D eigenvalue weighted by molar-refractivity contribution is 5.87. The molecular weight excluding hydrogens is 174 g/mol. The standard InChI is InChI=1S/C12H19NO/c1-3-11(14)13-8-6-12(2,7-9-13)10-4-5-10/h3,10H,1,4-9H2,2H3. The summed E-state index contributed by atoms with van der Waals surface area (Å²) in [6, 6.07) is 0. The maximum Gasteiger partial charge on any atom is 0.245 e.